The third-order valence-electron chi connectivity index (χ3n) is 5.82. The third-order valence-corrected chi connectivity index (χ3v) is 5.82. The summed E-state index contributed by atoms with van der Waals surface area (Å²) in [5.41, 5.74) is 0.488. The maximum Gasteiger partial charge on any atom is 0.191 e. The van der Waals surface area contributed by atoms with Gasteiger partial charge in [0.15, 0.2) is 5.96 Å². The van der Waals surface area contributed by atoms with Gasteiger partial charge in [-0.3, -0.25) is 9.89 Å². The van der Waals surface area contributed by atoms with Gasteiger partial charge in [0.2, 0.25) is 0 Å². The summed E-state index contributed by atoms with van der Waals surface area (Å²) >= 11 is 0. The number of nitrogens with one attached hydrogen (secondary N) is 2. The molecule has 24 heavy (non-hydrogen) atoms. The van der Waals surface area contributed by atoms with Crippen molar-refractivity contribution in [1.82, 2.24) is 15.5 Å². The van der Waals surface area contributed by atoms with Crippen molar-refractivity contribution in [2.45, 2.75) is 65.0 Å². The summed E-state index contributed by atoms with van der Waals surface area (Å²) in [4.78, 5) is 6.92. The fourth-order valence-electron chi connectivity index (χ4n) is 4.03. The number of rotatable bonds is 6. The Morgan fingerprint density at radius 3 is 2.62 bits per heavy atom. The van der Waals surface area contributed by atoms with Crippen molar-refractivity contribution in [3.8, 4) is 0 Å². The molecule has 5 nitrogen and oxygen atoms in total. The average molecular weight is 452 g/mol. The zero-order valence-electron chi connectivity index (χ0n) is 15.9. The Bertz CT molecular complexity index is 385. The Balaban J connectivity index is 0.00000288. The predicted octanol–water partition coefficient (Wildman–Crippen LogP) is 2.85. The second-order valence-electron chi connectivity index (χ2n) is 7.38. The van der Waals surface area contributed by atoms with Gasteiger partial charge in [-0.05, 0) is 38.5 Å². The van der Waals surface area contributed by atoms with E-state index in [1.807, 2.05) is 7.05 Å². The van der Waals surface area contributed by atoms with Crippen LogP contribution in [0.2, 0.25) is 0 Å². The maximum atomic E-state index is 5.53. The van der Waals surface area contributed by atoms with Gasteiger partial charge in [-0.1, -0.05) is 19.8 Å². The van der Waals surface area contributed by atoms with Crippen molar-refractivity contribution >= 4 is 29.9 Å². The highest BCUT2D eigenvalue weighted by molar-refractivity contribution is 14.0. The SMILES string of the molecule is CCC1(CNC(=NC)NCC(C)N2CCOCC2C)CCCC1.I. The minimum absolute atomic E-state index is 0. The molecule has 1 aliphatic heterocycles. The number of aliphatic imine (C=N–C) groups is 1. The Labute approximate surface area is 165 Å². The predicted molar refractivity (Wildman–Crippen MR) is 112 cm³/mol. The van der Waals surface area contributed by atoms with E-state index in [0.717, 1.165) is 38.8 Å². The molecule has 0 aromatic carbocycles. The molecule has 1 aliphatic carbocycles. The number of hydrogen-bond donors (Lipinski definition) is 2. The van der Waals surface area contributed by atoms with Crippen LogP contribution < -0.4 is 10.6 Å². The van der Waals surface area contributed by atoms with Gasteiger partial charge in [0.05, 0.1) is 13.2 Å². The molecule has 2 atom stereocenters. The lowest BCUT2D eigenvalue weighted by molar-refractivity contribution is -0.0174. The van der Waals surface area contributed by atoms with E-state index in [2.05, 4.69) is 41.3 Å². The summed E-state index contributed by atoms with van der Waals surface area (Å²) in [6.45, 7) is 11.5. The van der Waals surface area contributed by atoms with Gasteiger partial charge >= 0.3 is 0 Å². The van der Waals surface area contributed by atoms with Crippen molar-refractivity contribution in [3.05, 3.63) is 0 Å². The summed E-state index contributed by atoms with van der Waals surface area (Å²) in [5.74, 6) is 0.942. The maximum absolute atomic E-state index is 5.53. The van der Waals surface area contributed by atoms with Crippen LogP contribution in [0.4, 0.5) is 0 Å². The van der Waals surface area contributed by atoms with Crippen LogP contribution in [-0.2, 0) is 4.74 Å². The van der Waals surface area contributed by atoms with E-state index >= 15 is 0 Å². The summed E-state index contributed by atoms with van der Waals surface area (Å²) in [5, 5.41) is 7.08. The fourth-order valence-corrected chi connectivity index (χ4v) is 4.03. The first-order valence-electron chi connectivity index (χ1n) is 9.38. The number of guanidine groups is 1. The lowest BCUT2D eigenvalue weighted by Gasteiger charge is -2.38. The molecule has 2 aliphatic rings. The van der Waals surface area contributed by atoms with Gasteiger partial charge in [-0.2, -0.15) is 0 Å². The van der Waals surface area contributed by atoms with E-state index in [-0.39, 0.29) is 24.0 Å². The highest BCUT2D eigenvalue weighted by Gasteiger charge is 2.32. The van der Waals surface area contributed by atoms with Crippen LogP contribution in [0.3, 0.4) is 0 Å². The molecule has 2 fully saturated rings. The van der Waals surface area contributed by atoms with Crippen molar-refractivity contribution in [2.24, 2.45) is 10.4 Å². The number of hydrogen-bond acceptors (Lipinski definition) is 3. The zero-order chi connectivity index (χ0) is 16.7. The highest BCUT2D eigenvalue weighted by atomic mass is 127. The lowest BCUT2D eigenvalue weighted by Crippen LogP contribution is -2.53. The number of halogens is 1. The Kier molecular flexibility index (Phi) is 9.89. The van der Waals surface area contributed by atoms with Gasteiger partial charge in [-0.25, -0.2) is 0 Å². The van der Waals surface area contributed by atoms with Crippen molar-refractivity contribution in [1.29, 1.82) is 0 Å². The van der Waals surface area contributed by atoms with E-state index < -0.39 is 0 Å². The van der Waals surface area contributed by atoms with Crippen molar-refractivity contribution < 1.29 is 4.74 Å². The van der Waals surface area contributed by atoms with Crippen LogP contribution >= 0.6 is 24.0 Å². The molecule has 0 aromatic rings. The van der Waals surface area contributed by atoms with Crippen molar-refractivity contribution in [2.75, 3.05) is 39.9 Å². The molecule has 6 heteroatoms. The zero-order valence-corrected chi connectivity index (χ0v) is 18.3. The van der Waals surface area contributed by atoms with Crippen LogP contribution in [0.15, 0.2) is 4.99 Å². The number of nitrogens with zero attached hydrogens (tertiary/aromatic N) is 2. The van der Waals surface area contributed by atoms with E-state index in [9.17, 15) is 0 Å². The molecular formula is C18H37IN4O. The summed E-state index contributed by atoms with van der Waals surface area (Å²) < 4.78 is 5.53. The molecule has 0 bridgehead atoms. The molecule has 0 radical (unpaired) electrons. The number of morpholine rings is 1. The largest absolute Gasteiger partial charge is 0.379 e. The quantitative estimate of drug-likeness (QED) is 0.370. The second-order valence-corrected chi connectivity index (χ2v) is 7.38. The normalized spacial score (nSPS) is 25.8. The van der Waals surface area contributed by atoms with Crippen LogP contribution in [0.5, 0.6) is 0 Å². The molecule has 2 N–H and O–H groups in total. The molecular weight excluding hydrogens is 415 g/mol. The molecule has 1 saturated carbocycles. The van der Waals surface area contributed by atoms with E-state index in [4.69, 9.17) is 4.74 Å². The smallest absolute Gasteiger partial charge is 0.191 e. The number of ether oxygens (including phenoxy) is 1. The first-order chi connectivity index (χ1) is 11.1. The molecule has 142 valence electrons. The summed E-state index contributed by atoms with van der Waals surface area (Å²) in [6, 6.07) is 0.983. The third kappa shape index (κ3) is 6.02. The first-order valence-corrected chi connectivity index (χ1v) is 9.38. The summed E-state index contributed by atoms with van der Waals surface area (Å²) in [6.07, 6.45) is 6.74. The van der Waals surface area contributed by atoms with E-state index in [1.165, 1.54) is 32.1 Å². The van der Waals surface area contributed by atoms with Gasteiger partial charge < -0.3 is 15.4 Å². The highest BCUT2D eigenvalue weighted by Crippen LogP contribution is 2.40. The second kappa shape index (κ2) is 10.8. The van der Waals surface area contributed by atoms with Crippen LogP contribution in [-0.4, -0.2) is 62.8 Å². The van der Waals surface area contributed by atoms with Crippen LogP contribution in [0, 0.1) is 5.41 Å². The van der Waals surface area contributed by atoms with Gasteiger partial charge in [-0.15, -0.1) is 24.0 Å². The molecule has 1 saturated heterocycles. The van der Waals surface area contributed by atoms with Gasteiger partial charge in [0.1, 0.15) is 0 Å². The molecule has 2 rings (SSSR count). The molecule has 0 amide bonds. The minimum atomic E-state index is 0. The molecule has 1 heterocycles. The van der Waals surface area contributed by atoms with E-state index in [0.29, 0.717) is 17.5 Å². The standard InChI is InChI=1S/C18H36N4O.HI/c1-5-18(8-6-7-9-18)14-21-17(19-4)20-12-15(2)22-10-11-23-13-16(22)3;/h15-16H,5-14H2,1-4H3,(H2,19,20,21);1H. The molecule has 0 spiro atoms. The van der Waals surface area contributed by atoms with Gasteiger partial charge in [0.25, 0.3) is 0 Å². The Morgan fingerprint density at radius 2 is 2.04 bits per heavy atom. The molecule has 0 aromatic heterocycles. The summed E-state index contributed by atoms with van der Waals surface area (Å²) in [7, 11) is 1.87. The Morgan fingerprint density at radius 1 is 1.33 bits per heavy atom. The monoisotopic (exact) mass is 452 g/mol. The molecule has 2 unspecified atom stereocenters. The van der Waals surface area contributed by atoms with E-state index in [1.54, 1.807) is 0 Å². The topological polar surface area (TPSA) is 48.9 Å². The van der Waals surface area contributed by atoms with Gasteiger partial charge in [0, 0.05) is 38.8 Å². The Hall–Kier alpha value is -0.0800. The van der Waals surface area contributed by atoms with Crippen molar-refractivity contribution in [3.63, 3.8) is 0 Å². The lowest BCUT2D eigenvalue weighted by atomic mass is 9.83. The first kappa shape index (κ1) is 22.0. The van der Waals surface area contributed by atoms with Crippen LogP contribution in [0.1, 0.15) is 52.9 Å². The minimum Gasteiger partial charge on any atom is -0.379 e. The average Bonchev–Trinajstić information content (AvgIpc) is 3.04. The van der Waals surface area contributed by atoms with Crippen LogP contribution in [0.25, 0.3) is 0 Å². The fraction of sp³-hybridized carbons (Fsp3) is 0.944.